The predicted octanol–water partition coefficient (Wildman–Crippen LogP) is 2.70. The van der Waals surface area contributed by atoms with Crippen molar-refractivity contribution in [1.29, 1.82) is 0 Å². The van der Waals surface area contributed by atoms with E-state index in [9.17, 15) is 0 Å². The van der Waals surface area contributed by atoms with E-state index in [0.29, 0.717) is 0 Å². The van der Waals surface area contributed by atoms with E-state index < -0.39 is 0 Å². The Bertz CT molecular complexity index is 140. The summed E-state index contributed by atoms with van der Waals surface area (Å²) in [4.78, 5) is 4.20. The molecule has 0 aromatic rings. The van der Waals surface area contributed by atoms with E-state index in [0.717, 1.165) is 17.9 Å². The molecule has 1 heterocycles. The zero-order valence-electron chi connectivity index (χ0n) is 5.33. The summed E-state index contributed by atoms with van der Waals surface area (Å²) in [5.74, 6) is 0. The van der Waals surface area contributed by atoms with Crippen LogP contribution in [0.4, 0.5) is 0 Å². The van der Waals surface area contributed by atoms with Crippen LogP contribution in [-0.2, 0) is 0 Å². The number of aliphatic imine (C=N–C) groups is 1. The minimum Gasteiger partial charge on any atom is -0.254 e. The van der Waals surface area contributed by atoms with Crippen LogP contribution in [0.3, 0.4) is 0 Å². The minimum atomic E-state index is 1.11. The smallest absolute Gasteiger partial charge is 0.102 e. The predicted molar refractivity (Wildman–Crippen MR) is 46.9 cm³/mol. The van der Waals surface area contributed by atoms with Gasteiger partial charge in [-0.2, -0.15) is 0 Å². The molecule has 0 N–H and O–H groups in total. The van der Waals surface area contributed by atoms with Crippen LogP contribution in [0, 0.1) is 0 Å². The Kier molecular flexibility index (Phi) is 3.22. The SMILES string of the molecule is CSSC1=CCCC=N1. The van der Waals surface area contributed by atoms with Crippen molar-refractivity contribution in [2.24, 2.45) is 4.99 Å². The fourth-order valence-corrected chi connectivity index (χ4v) is 1.95. The molecule has 1 nitrogen and oxygen atoms in total. The zero-order chi connectivity index (χ0) is 6.53. The number of rotatable bonds is 2. The van der Waals surface area contributed by atoms with E-state index in [1.165, 1.54) is 0 Å². The zero-order valence-corrected chi connectivity index (χ0v) is 6.97. The third-order valence-electron chi connectivity index (χ3n) is 1.00. The van der Waals surface area contributed by atoms with E-state index >= 15 is 0 Å². The quantitative estimate of drug-likeness (QED) is 0.574. The summed E-state index contributed by atoms with van der Waals surface area (Å²) < 4.78 is 0. The summed E-state index contributed by atoms with van der Waals surface area (Å²) in [5.41, 5.74) is 0. The molecular weight excluding hydrogens is 150 g/mol. The first-order chi connectivity index (χ1) is 4.43. The van der Waals surface area contributed by atoms with Gasteiger partial charge in [-0.3, -0.25) is 4.99 Å². The lowest BCUT2D eigenvalue weighted by molar-refractivity contribution is 1.08. The average Bonchev–Trinajstić information content (AvgIpc) is 1.91. The molecule has 3 heteroatoms. The van der Waals surface area contributed by atoms with E-state index in [2.05, 4.69) is 17.3 Å². The minimum absolute atomic E-state index is 1.11. The molecule has 1 aliphatic rings. The first kappa shape index (κ1) is 7.22. The summed E-state index contributed by atoms with van der Waals surface area (Å²) >= 11 is 0. The Morgan fingerprint density at radius 3 is 3.00 bits per heavy atom. The summed E-state index contributed by atoms with van der Waals surface area (Å²) in [6, 6.07) is 0. The Hall–Kier alpha value is 0.110. The lowest BCUT2D eigenvalue weighted by Crippen LogP contribution is -1.82. The van der Waals surface area contributed by atoms with Gasteiger partial charge in [0, 0.05) is 6.21 Å². The monoisotopic (exact) mass is 159 g/mol. The fraction of sp³-hybridized carbons (Fsp3) is 0.500. The second kappa shape index (κ2) is 4.01. The first-order valence-electron chi connectivity index (χ1n) is 2.87. The number of hydrogen-bond acceptors (Lipinski definition) is 3. The van der Waals surface area contributed by atoms with Crippen LogP contribution in [0.5, 0.6) is 0 Å². The topological polar surface area (TPSA) is 12.4 Å². The van der Waals surface area contributed by atoms with Crippen LogP contribution < -0.4 is 0 Å². The number of hydrogen-bond donors (Lipinski definition) is 0. The highest BCUT2D eigenvalue weighted by Crippen LogP contribution is 2.29. The molecule has 0 unspecified atom stereocenters. The van der Waals surface area contributed by atoms with Gasteiger partial charge in [-0.15, -0.1) is 0 Å². The van der Waals surface area contributed by atoms with E-state index in [-0.39, 0.29) is 0 Å². The first-order valence-corrected chi connectivity index (χ1v) is 5.42. The van der Waals surface area contributed by atoms with Gasteiger partial charge in [0.05, 0.1) is 0 Å². The second-order valence-corrected chi connectivity index (χ2v) is 4.10. The molecule has 0 radical (unpaired) electrons. The van der Waals surface area contributed by atoms with Gasteiger partial charge in [-0.25, -0.2) is 0 Å². The largest absolute Gasteiger partial charge is 0.254 e. The molecule has 1 rings (SSSR count). The summed E-state index contributed by atoms with van der Waals surface area (Å²) in [5, 5.41) is 1.16. The molecule has 0 aliphatic carbocycles. The standard InChI is InChI=1S/C6H9NS2/c1-8-9-6-4-2-3-5-7-6/h4-5H,2-3H2,1H3. The lowest BCUT2D eigenvalue weighted by Gasteiger charge is -2.01. The molecule has 0 spiro atoms. The Balaban J connectivity index is 2.38. The van der Waals surface area contributed by atoms with Crippen molar-refractivity contribution >= 4 is 27.8 Å². The van der Waals surface area contributed by atoms with Crippen LogP contribution in [0.15, 0.2) is 16.1 Å². The van der Waals surface area contributed by atoms with Gasteiger partial charge in [0.25, 0.3) is 0 Å². The maximum atomic E-state index is 4.20. The average molecular weight is 159 g/mol. The van der Waals surface area contributed by atoms with Crippen molar-refractivity contribution in [2.45, 2.75) is 12.8 Å². The highest BCUT2D eigenvalue weighted by atomic mass is 33.1. The van der Waals surface area contributed by atoms with Crippen LogP contribution in [0.1, 0.15) is 12.8 Å². The van der Waals surface area contributed by atoms with Gasteiger partial charge < -0.3 is 0 Å². The number of allylic oxidation sites excluding steroid dienone is 1. The molecule has 0 saturated carbocycles. The molecule has 1 aliphatic heterocycles. The lowest BCUT2D eigenvalue weighted by atomic mass is 10.3. The molecule has 0 amide bonds. The van der Waals surface area contributed by atoms with Gasteiger partial charge in [0.15, 0.2) is 0 Å². The van der Waals surface area contributed by atoms with Crippen molar-refractivity contribution in [3.8, 4) is 0 Å². The molecular formula is C6H9NS2. The second-order valence-electron chi connectivity index (χ2n) is 1.68. The molecule has 0 saturated heterocycles. The van der Waals surface area contributed by atoms with Crippen molar-refractivity contribution in [3.63, 3.8) is 0 Å². The van der Waals surface area contributed by atoms with Crippen LogP contribution in [-0.4, -0.2) is 12.5 Å². The Morgan fingerprint density at radius 2 is 2.44 bits per heavy atom. The third kappa shape index (κ3) is 2.45. The van der Waals surface area contributed by atoms with Gasteiger partial charge >= 0.3 is 0 Å². The van der Waals surface area contributed by atoms with Crippen molar-refractivity contribution in [3.05, 3.63) is 11.1 Å². The Morgan fingerprint density at radius 1 is 1.56 bits per heavy atom. The molecule has 0 atom stereocenters. The van der Waals surface area contributed by atoms with Crippen LogP contribution >= 0.6 is 21.6 Å². The maximum Gasteiger partial charge on any atom is 0.102 e. The van der Waals surface area contributed by atoms with Gasteiger partial charge in [-0.1, -0.05) is 16.9 Å². The van der Waals surface area contributed by atoms with Gasteiger partial charge in [0.1, 0.15) is 5.03 Å². The highest BCUT2D eigenvalue weighted by molar-refractivity contribution is 8.77. The maximum absolute atomic E-state index is 4.20. The molecule has 50 valence electrons. The normalized spacial score (nSPS) is 17.7. The van der Waals surface area contributed by atoms with Crippen LogP contribution in [0.2, 0.25) is 0 Å². The number of nitrogens with zero attached hydrogens (tertiary/aromatic N) is 1. The van der Waals surface area contributed by atoms with Crippen molar-refractivity contribution in [2.75, 3.05) is 6.26 Å². The summed E-state index contributed by atoms with van der Waals surface area (Å²) in [7, 11) is 3.47. The third-order valence-corrected chi connectivity index (χ3v) is 2.62. The summed E-state index contributed by atoms with van der Waals surface area (Å²) in [6.07, 6.45) is 8.50. The van der Waals surface area contributed by atoms with E-state index in [1.807, 2.05) is 6.21 Å². The van der Waals surface area contributed by atoms with Crippen molar-refractivity contribution in [1.82, 2.24) is 0 Å². The molecule has 0 fully saturated rings. The van der Waals surface area contributed by atoms with Gasteiger partial charge in [-0.05, 0) is 29.9 Å². The van der Waals surface area contributed by atoms with Gasteiger partial charge in [0.2, 0.25) is 0 Å². The van der Waals surface area contributed by atoms with E-state index in [4.69, 9.17) is 0 Å². The highest BCUT2D eigenvalue weighted by Gasteiger charge is 1.96. The molecule has 0 bridgehead atoms. The fourth-order valence-electron chi connectivity index (χ4n) is 0.629. The van der Waals surface area contributed by atoms with Crippen molar-refractivity contribution < 1.29 is 0 Å². The van der Waals surface area contributed by atoms with E-state index in [1.54, 1.807) is 21.6 Å². The Labute approximate surface area is 63.4 Å². The molecule has 0 aromatic carbocycles. The van der Waals surface area contributed by atoms with Crippen LogP contribution in [0.25, 0.3) is 0 Å². The summed E-state index contributed by atoms with van der Waals surface area (Å²) in [6.45, 7) is 0. The molecule has 0 aromatic heterocycles. The molecule has 9 heavy (non-hydrogen) atoms.